The number of carbonyl (C=O) groups excluding carboxylic acids is 1. The zero-order valence-electron chi connectivity index (χ0n) is 13.2. The summed E-state index contributed by atoms with van der Waals surface area (Å²) in [6, 6.07) is 0. The van der Waals surface area contributed by atoms with Crippen LogP contribution in [0.5, 0.6) is 0 Å². The Kier molecular flexibility index (Phi) is 6.80. The van der Waals surface area contributed by atoms with Crippen LogP contribution >= 0.6 is 0 Å². The van der Waals surface area contributed by atoms with Crippen molar-refractivity contribution < 1.29 is 66.6 Å². The number of esters is 1. The summed E-state index contributed by atoms with van der Waals surface area (Å²) in [7, 11) is 0. The van der Waals surface area contributed by atoms with Crippen LogP contribution in [0, 0.1) is 5.92 Å². The van der Waals surface area contributed by atoms with Crippen molar-refractivity contribution in [1.29, 1.82) is 0 Å². The van der Waals surface area contributed by atoms with Crippen LogP contribution in [0.4, 0.5) is 57.1 Å². The lowest BCUT2D eigenvalue weighted by molar-refractivity contribution is -0.440. The zero-order chi connectivity index (χ0) is 22.3. The number of rotatable bonds is 8. The number of hydrogen-bond donors (Lipinski definition) is 0. The van der Waals surface area contributed by atoms with Crippen LogP contribution in [-0.2, 0) is 9.53 Å². The fraction of sp³-hybridized carbons (Fsp3) is 0.917. The highest BCUT2D eigenvalue weighted by Gasteiger charge is 2.90. The summed E-state index contributed by atoms with van der Waals surface area (Å²) in [6.45, 7) is 0.558. The maximum atomic E-state index is 13.3. The van der Waals surface area contributed by atoms with E-state index in [4.69, 9.17) is 0 Å². The van der Waals surface area contributed by atoms with Gasteiger partial charge in [-0.15, -0.1) is 0 Å². The fourth-order valence-electron chi connectivity index (χ4n) is 1.41. The molecule has 0 aliphatic rings. The predicted molar refractivity (Wildman–Crippen MR) is 61.2 cm³/mol. The summed E-state index contributed by atoms with van der Waals surface area (Å²) < 4.78 is 170. The minimum absolute atomic E-state index is 0.990. The summed E-state index contributed by atoms with van der Waals surface area (Å²) in [5.74, 6) is -39.4. The smallest absolute Gasteiger partial charge is 0.460 e. The Morgan fingerprint density at radius 3 is 1.41 bits per heavy atom. The van der Waals surface area contributed by atoms with Gasteiger partial charge in [0.1, 0.15) is 0 Å². The first-order valence-corrected chi connectivity index (χ1v) is 6.70. The number of ether oxygens (including phenoxy) is 1. The Labute approximate surface area is 142 Å². The van der Waals surface area contributed by atoms with E-state index in [0.29, 0.717) is 0 Å². The summed E-state index contributed by atoms with van der Waals surface area (Å²) in [6.07, 6.45) is -10.0. The number of hydrogen-bond acceptors (Lipinski definition) is 2. The molecule has 0 aliphatic carbocycles. The van der Waals surface area contributed by atoms with Gasteiger partial charge in [0.25, 0.3) is 0 Å². The molecule has 15 heteroatoms. The lowest BCUT2D eigenvalue weighted by Gasteiger charge is -2.39. The van der Waals surface area contributed by atoms with E-state index in [9.17, 15) is 61.9 Å². The predicted octanol–water partition coefficient (Wildman–Crippen LogP) is 5.31. The molecule has 0 N–H and O–H groups in total. The topological polar surface area (TPSA) is 26.3 Å². The van der Waals surface area contributed by atoms with Crippen LogP contribution in [0.3, 0.4) is 0 Å². The SMILES string of the molecule is CC(C)C(=O)OCCC(F)(F)C(F)(F)C(F)(F)C(F)(F)C(F)(F)C(F)(F)F. The van der Waals surface area contributed by atoms with Gasteiger partial charge in [-0.2, -0.15) is 57.1 Å². The molecule has 0 heterocycles. The van der Waals surface area contributed by atoms with Gasteiger partial charge in [-0.1, -0.05) is 13.8 Å². The molecule has 0 radical (unpaired) electrons. The van der Waals surface area contributed by atoms with Gasteiger partial charge in [0.05, 0.1) is 18.9 Å². The van der Waals surface area contributed by atoms with Crippen molar-refractivity contribution >= 4 is 5.97 Å². The second-order valence-corrected chi connectivity index (χ2v) is 5.57. The van der Waals surface area contributed by atoms with E-state index in [2.05, 4.69) is 4.74 Å². The van der Waals surface area contributed by atoms with Crippen molar-refractivity contribution in [2.24, 2.45) is 5.92 Å². The van der Waals surface area contributed by atoms with Gasteiger partial charge in [-0.25, -0.2) is 0 Å². The third-order valence-electron chi connectivity index (χ3n) is 3.13. The Balaban J connectivity index is 5.77. The quantitative estimate of drug-likeness (QED) is 0.382. The zero-order valence-corrected chi connectivity index (χ0v) is 13.2. The first kappa shape index (κ1) is 25.6. The maximum absolute atomic E-state index is 13.3. The Morgan fingerprint density at radius 2 is 1.07 bits per heavy atom. The van der Waals surface area contributed by atoms with Crippen molar-refractivity contribution in [2.45, 2.75) is 56.1 Å². The monoisotopic (exact) mass is 434 g/mol. The van der Waals surface area contributed by atoms with E-state index in [1.807, 2.05) is 0 Å². The summed E-state index contributed by atoms with van der Waals surface area (Å²) >= 11 is 0. The molecule has 0 rings (SSSR count). The molecule has 27 heavy (non-hydrogen) atoms. The molecule has 162 valence electrons. The van der Waals surface area contributed by atoms with Crippen LogP contribution in [0.2, 0.25) is 0 Å². The van der Waals surface area contributed by atoms with Crippen molar-refractivity contribution in [2.75, 3.05) is 6.61 Å². The molecule has 0 fully saturated rings. The fourth-order valence-corrected chi connectivity index (χ4v) is 1.41. The maximum Gasteiger partial charge on any atom is 0.460 e. The molecule has 0 aromatic heterocycles. The van der Waals surface area contributed by atoms with Gasteiger partial charge in [0.15, 0.2) is 0 Å². The van der Waals surface area contributed by atoms with Crippen molar-refractivity contribution in [3.63, 3.8) is 0 Å². The van der Waals surface area contributed by atoms with Crippen molar-refractivity contribution in [3.8, 4) is 0 Å². The van der Waals surface area contributed by atoms with Crippen molar-refractivity contribution in [1.82, 2.24) is 0 Å². The second kappa shape index (κ2) is 7.18. The normalized spacial score (nSPS) is 15.3. The average molecular weight is 434 g/mol. The highest BCUT2D eigenvalue weighted by molar-refractivity contribution is 5.71. The highest BCUT2D eigenvalue weighted by Crippen LogP contribution is 2.60. The molecule has 0 aliphatic heterocycles. The summed E-state index contributed by atoms with van der Waals surface area (Å²) in [5, 5.41) is 0. The lowest BCUT2D eigenvalue weighted by atomic mass is 9.93. The van der Waals surface area contributed by atoms with Crippen molar-refractivity contribution in [3.05, 3.63) is 0 Å². The number of carbonyl (C=O) groups is 1. The number of alkyl halides is 13. The molecule has 0 spiro atoms. The minimum Gasteiger partial charge on any atom is -0.465 e. The Morgan fingerprint density at radius 1 is 0.704 bits per heavy atom. The van der Waals surface area contributed by atoms with Gasteiger partial charge in [-0.3, -0.25) is 4.79 Å². The molecule has 0 bridgehead atoms. The van der Waals surface area contributed by atoms with E-state index in [1.54, 1.807) is 0 Å². The van der Waals surface area contributed by atoms with Crippen LogP contribution in [0.25, 0.3) is 0 Å². The molecular weight excluding hydrogens is 423 g/mol. The Hall–Kier alpha value is -1.44. The molecule has 0 aromatic rings. The first-order chi connectivity index (χ1) is 11.6. The van der Waals surface area contributed by atoms with Gasteiger partial charge < -0.3 is 4.74 Å². The second-order valence-electron chi connectivity index (χ2n) is 5.57. The molecule has 0 saturated carbocycles. The Bertz CT molecular complexity index is 536. The van der Waals surface area contributed by atoms with E-state index in [-0.39, 0.29) is 0 Å². The van der Waals surface area contributed by atoms with Gasteiger partial charge in [-0.05, 0) is 0 Å². The van der Waals surface area contributed by atoms with Crippen LogP contribution < -0.4 is 0 Å². The molecule has 0 unspecified atom stereocenters. The van der Waals surface area contributed by atoms with Crippen LogP contribution in [0.1, 0.15) is 20.3 Å². The third-order valence-corrected chi connectivity index (χ3v) is 3.13. The minimum atomic E-state index is -7.93. The summed E-state index contributed by atoms with van der Waals surface area (Å²) in [4.78, 5) is 10.9. The third kappa shape index (κ3) is 4.20. The lowest BCUT2D eigenvalue weighted by Crippen LogP contribution is -2.70. The average Bonchev–Trinajstić information content (AvgIpc) is 2.44. The van der Waals surface area contributed by atoms with E-state index < -0.39 is 60.7 Å². The van der Waals surface area contributed by atoms with Crippen LogP contribution in [-0.4, -0.2) is 48.4 Å². The molecule has 0 saturated heterocycles. The summed E-state index contributed by atoms with van der Waals surface area (Å²) in [5.41, 5.74) is 0. The van der Waals surface area contributed by atoms with Gasteiger partial charge in [0, 0.05) is 0 Å². The molecular formula is C12H11F13O2. The largest absolute Gasteiger partial charge is 0.465 e. The standard InChI is InChI=1S/C12H11F13O2/c1-5(2)6(26)27-4-3-7(13,14)8(15,16)9(17,18)10(19,20)11(21,22)12(23,24)25/h5H,3-4H2,1-2H3. The molecule has 0 amide bonds. The first-order valence-electron chi connectivity index (χ1n) is 6.70. The molecule has 0 aromatic carbocycles. The van der Waals surface area contributed by atoms with E-state index in [0.717, 1.165) is 13.8 Å². The van der Waals surface area contributed by atoms with E-state index >= 15 is 0 Å². The highest BCUT2D eigenvalue weighted by atomic mass is 19.4. The molecule has 0 atom stereocenters. The molecule has 2 nitrogen and oxygen atoms in total. The van der Waals surface area contributed by atoms with Gasteiger partial charge >= 0.3 is 41.8 Å². The van der Waals surface area contributed by atoms with Gasteiger partial charge in [0.2, 0.25) is 0 Å². The van der Waals surface area contributed by atoms with E-state index in [1.165, 1.54) is 0 Å². The number of halogens is 13. The van der Waals surface area contributed by atoms with Crippen LogP contribution in [0.15, 0.2) is 0 Å².